The summed E-state index contributed by atoms with van der Waals surface area (Å²) in [6, 6.07) is 7.91. The zero-order valence-electron chi connectivity index (χ0n) is 14.4. The highest BCUT2D eigenvalue weighted by Gasteiger charge is 2.37. The van der Waals surface area contributed by atoms with E-state index in [4.69, 9.17) is 10.2 Å². The molecule has 8 heteroatoms. The number of hydrogen-bond acceptors (Lipinski definition) is 5. The number of halogens is 1. The van der Waals surface area contributed by atoms with Crippen LogP contribution < -0.4 is 10.7 Å². The molecular weight excluding hydrogens is 339 g/mol. The van der Waals surface area contributed by atoms with Crippen LogP contribution in [0.25, 0.3) is 0 Å². The summed E-state index contributed by atoms with van der Waals surface area (Å²) in [6.07, 6.45) is 1.62. The standard InChI is InChI=1S/C18H19FN4O3/c1-11(16-4-3-9-26-16)22(2)18(25)14-10-15(17(20)24)23(21-14)13-7-5-12(19)6-8-13/h3-9,11,15H,10H2,1-2H3,(H2,20,24). The molecule has 7 nitrogen and oxygen atoms in total. The number of amides is 2. The highest BCUT2D eigenvalue weighted by atomic mass is 19.1. The van der Waals surface area contributed by atoms with Gasteiger partial charge in [-0.1, -0.05) is 0 Å². The Kier molecular flexibility index (Phi) is 4.75. The Morgan fingerprint density at radius 2 is 2.04 bits per heavy atom. The van der Waals surface area contributed by atoms with Crippen molar-refractivity contribution in [1.29, 1.82) is 0 Å². The van der Waals surface area contributed by atoms with Crippen LogP contribution >= 0.6 is 0 Å². The first kappa shape index (κ1) is 17.7. The Labute approximate surface area is 149 Å². The van der Waals surface area contributed by atoms with Crippen LogP contribution in [0.5, 0.6) is 0 Å². The molecule has 1 aliphatic heterocycles. The lowest BCUT2D eigenvalue weighted by Gasteiger charge is -2.22. The SMILES string of the molecule is CC(c1ccco1)N(C)C(=O)C1=NN(c2ccc(F)cc2)C(C(N)=O)C1. The first-order valence-corrected chi connectivity index (χ1v) is 8.10. The summed E-state index contributed by atoms with van der Waals surface area (Å²) >= 11 is 0. The van der Waals surface area contributed by atoms with E-state index >= 15 is 0 Å². The predicted octanol–water partition coefficient (Wildman–Crippen LogP) is 2.06. The van der Waals surface area contributed by atoms with Crippen molar-refractivity contribution in [2.24, 2.45) is 10.8 Å². The van der Waals surface area contributed by atoms with E-state index in [1.165, 1.54) is 40.4 Å². The predicted molar refractivity (Wildman–Crippen MR) is 93.8 cm³/mol. The monoisotopic (exact) mass is 358 g/mol. The van der Waals surface area contributed by atoms with Crippen LogP contribution in [0.2, 0.25) is 0 Å². The summed E-state index contributed by atoms with van der Waals surface area (Å²) < 4.78 is 18.5. The molecular formula is C18H19FN4O3. The highest BCUT2D eigenvalue weighted by molar-refractivity contribution is 6.40. The van der Waals surface area contributed by atoms with Gasteiger partial charge in [0.25, 0.3) is 5.91 Å². The number of nitrogens with zero attached hydrogens (tertiary/aromatic N) is 3. The Hall–Kier alpha value is -3.16. The molecule has 26 heavy (non-hydrogen) atoms. The lowest BCUT2D eigenvalue weighted by atomic mass is 10.1. The normalized spacial score (nSPS) is 17.7. The van der Waals surface area contributed by atoms with Crippen LogP contribution in [-0.4, -0.2) is 35.5 Å². The summed E-state index contributed by atoms with van der Waals surface area (Å²) in [5, 5.41) is 5.64. The molecule has 2 amide bonds. The molecule has 1 aliphatic rings. The fraction of sp³-hybridized carbons (Fsp3) is 0.278. The van der Waals surface area contributed by atoms with E-state index in [0.717, 1.165) is 0 Å². The summed E-state index contributed by atoms with van der Waals surface area (Å²) in [5.74, 6) is -0.704. The number of benzene rings is 1. The first-order valence-electron chi connectivity index (χ1n) is 8.10. The molecule has 1 aromatic carbocycles. The summed E-state index contributed by atoms with van der Waals surface area (Å²) in [4.78, 5) is 26.1. The van der Waals surface area contributed by atoms with E-state index in [1.54, 1.807) is 19.2 Å². The molecule has 0 spiro atoms. The first-order chi connectivity index (χ1) is 12.4. The molecule has 0 bridgehead atoms. The van der Waals surface area contributed by atoms with Crippen LogP contribution in [0.15, 0.2) is 52.2 Å². The van der Waals surface area contributed by atoms with E-state index in [-0.39, 0.29) is 24.1 Å². The average molecular weight is 358 g/mol. The van der Waals surface area contributed by atoms with Gasteiger partial charge in [-0.25, -0.2) is 4.39 Å². The minimum absolute atomic E-state index is 0.0841. The fourth-order valence-corrected chi connectivity index (χ4v) is 2.79. The van der Waals surface area contributed by atoms with Crippen LogP contribution in [0.4, 0.5) is 10.1 Å². The van der Waals surface area contributed by atoms with Crippen molar-refractivity contribution in [3.63, 3.8) is 0 Å². The second-order valence-corrected chi connectivity index (χ2v) is 6.10. The molecule has 1 aromatic heterocycles. The molecule has 0 saturated heterocycles. The van der Waals surface area contributed by atoms with Gasteiger partial charge < -0.3 is 15.1 Å². The molecule has 2 aromatic rings. The van der Waals surface area contributed by atoms with E-state index in [0.29, 0.717) is 11.4 Å². The topological polar surface area (TPSA) is 92.1 Å². The van der Waals surface area contributed by atoms with Crippen molar-refractivity contribution in [2.75, 3.05) is 12.1 Å². The van der Waals surface area contributed by atoms with Crippen molar-refractivity contribution < 1.29 is 18.4 Å². The number of rotatable bonds is 5. The molecule has 0 fully saturated rings. The average Bonchev–Trinajstić information content (AvgIpc) is 3.30. The largest absolute Gasteiger partial charge is 0.467 e. The van der Waals surface area contributed by atoms with E-state index in [2.05, 4.69) is 5.10 Å². The number of anilines is 1. The van der Waals surface area contributed by atoms with Gasteiger partial charge >= 0.3 is 0 Å². The van der Waals surface area contributed by atoms with Crippen molar-refractivity contribution in [3.8, 4) is 0 Å². The number of hydrazone groups is 1. The number of carbonyl (C=O) groups is 2. The van der Waals surface area contributed by atoms with E-state index < -0.39 is 17.8 Å². The molecule has 136 valence electrons. The second-order valence-electron chi connectivity index (χ2n) is 6.10. The Bertz CT molecular complexity index is 833. The minimum Gasteiger partial charge on any atom is -0.467 e. The molecule has 0 saturated carbocycles. The Morgan fingerprint density at radius 3 is 2.62 bits per heavy atom. The number of carbonyl (C=O) groups excluding carboxylic acids is 2. The number of primary amides is 1. The van der Waals surface area contributed by atoms with Crippen molar-refractivity contribution in [2.45, 2.75) is 25.4 Å². The molecule has 0 radical (unpaired) electrons. The van der Waals surface area contributed by atoms with Crippen molar-refractivity contribution >= 4 is 23.2 Å². The fourth-order valence-electron chi connectivity index (χ4n) is 2.79. The molecule has 0 aliphatic carbocycles. The van der Waals surface area contributed by atoms with Crippen LogP contribution in [0.3, 0.4) is 0 Å². The van der Waals surface area contributed by atoms with Gasteiger partial charge in [0.05, 0.1) is 18.0 Å². The van der Waals surface area contributed by atoms with Crippen LogP contribution in [0, 0.1) is 5.82 Å². The third-order valence-electron chi connectivity index (χ3n) is 4.43. The van der Waals surface area contributed by atoms with Gasteiger partial charge in [0.15, 0.2) is 0 Å². The third-order valence-corrected chi connectivity index (χ3v) is 4.43. The second kappa shape index (κ2) is 6.99. The van der Waals surface area contributed by atoms with Gasteiger partial charge in [0.2, 0.25) is 5.91 Å². The maximum atomic E-state index is 13.1. The van der Waals surface area contributed by atoms with Gasteiger partial charge in [0, 0.05) is 13.5 Å². The maximum Gasteiger partial charge on any atom is 0.270 e. The zero-order chi connectivity index (χ0) is 18.8. The van der Waals surface area contributed by atoms with Crippen molar-refractivity contribution in [1.82, 2.24) is 4.90 Å². The van der Waals surface area contributed by atoms with E-state index in [9.17, 15) is 14.0 Å². The van der Waals surface area contributed by atoms with Crippen LogP contribution in [-0.2, 0) is 9.59 Å². The lowest BCUT2D eigenvalue weighted by Crippen LogP contribution is -2.40. The molecule has 2 heterocycles. The zero-order valence-corrected chi connectivity index (χ0v) is 14.4. The van der Waals surface area contributed by atoms with Crippen molar-refractivity contribution in [3.05, 3.63) is 54.2 Å². The van der Waals surface area contributed by atoms with Gasteiger partial charge in [-0.2, -0.15) is 5.10 Å². The van der Waals surface area contributed by atoms with Gasteiger partial charge in [-0.05, 0) is 43.3 Å². The minimum atomic E-state index is -0.799. The molecule has 2 atom stereocenters. The Morgan fingerprint density at radius 1 is 1.35 bits per heavy atom. The van der Waals surface area contributed by atoms with E-state index in [1.807, 2.05) is 6.92 Å². The summed E-state index contributed by atoms with van der Waals surface area (Å²) in [6.45, 7) is 1.83. The maximum absolute atomic E-state index is 13.1. The highest BCUT2D eigenvalue weighted by Crippen LogP contribution is 2.27. The Balaban J connectivity index is 1.84. The summed E-state index contributed by atoms with van der Waals surface area (Å²) in [5.41, 5.74) is 6.16. The number of nitrogens with two attached hydrogens (primary N) is 1. The van der Waals surface area contributed by atoms with Crippen LogP contribution in [0.1, 0.15) is 25.1 Å². The quantitative estimate of drug-likeness (QED) is 0.885. The third kappa shape index (κ3) is 3.30. The number of furan rings is 1. The lowest BCUT2D eigenvalue weighted by molar-refractivity contribution is -0.125. The van der Waals surface area contributed by atoms with Gasteiger partial charge in [-0.3, -0.25) is 14.6 Å². The summed E-state index contributed by atoms with van der Waals surface area (Å²) in [7, 11) is 1.64. The van der Waals surface area contributed by atoms with Gasteiger partial charge in [-0.15, -0.1) is 0 Å². The molecule has 2 N–H and O–H groups in total. The number of hydrogen-bond donors (Lipinski definition) is 1. The van der Waals surface area contributed by atoms with Gasteiger partial charge in [0.1, 0.15) is 23.3 Å². The smallest absolute Gasteiger partial charge is 0.270 e. The molecule has 3 rings (SSSR count). The molecule has 2 unspecified atom stereocenters.